The van der Waals surface area contributed by atoms with Crippen LogP contribution in [-0.4, -0.2) is 193 Å². The summed E-state index contributed by atoms with van der Waals surface area (Å²) in [6.45, 7) is 1.70. The van der Waals surface area contributed by atoms with Crippen LogP contribution in [0, 0.1) is 0 Å². The molecule has 98 heavy (non-hydrogen) atoms. The number of amides is 1. The number of hydrogen-bond donors (Lipinski definition) is 12. The lowest BCUT2D eigenvalue weighted by Gasteiger charge is -2.48. The molecule has 0 saturated carbocycles. The number of allylic oxidation sites excluding steroid dienone is 7. The molecule has 17 atom stereocenters. The van der Waals surface area contributed by atoms with E-state index in [1.54, 1.807) is 6.08 Å². The van der Waals surface area contributed by atoms with Crippen molar-refractivity contribution in [1.82, 2.24) is 5.32 Å². The average molecular weight is 1400 g/mol. The van der Waals surface area contributed by atoms with E-state index in [2.05, 4.69) is 55.6 Å². The summed E-state index contributed by atoms with van der Waals surface area (Å²) in [5.41, 5.74) is 0. The fourth-order valence-electron chi connectivity index (χ4n) is 13.4. The molecule has 17 unspecified atom stereocenters. The number of carbonyl (C=O) groups is 1. The van der Waals surface area contributed by atoms with Gasteiger partial charge in [0.2, 0.25) is 5.91 Å². The van der Waals surface area contributed by atoms with Gasteiger partial charge < -0.3 is 89.9 Å². The van der Waals surface area contributed by atoms with Gasteiger partial charge in [-0.15, -0.1) is 0 Å². The Balaban J connectivity index is 1.29. The zero-order valence-corrected chi connectivity index (χ0v) is 61.3. The standard InChI is InChI=1S/C79H145NO18/c1-3-5-7-9-11-13-15-17-19-20-21-22-23-24-25-26-27-28-29-30-31-32-33-34-35-36-37-38-39-40-41-42-43-45-47-49-51-53-55-57-67(85)80-62(63(84)56-54-52-50-48-46-44-18-16-14-12-10-8-6-4-2)61-93-77-73(91)70(88)75(65(59-82)95-77)98-79-74(92)71(89)76(66(60-83)96-79)97-78-72(90)69(87)68(86)64(58-81)94-78/h14,16,20-21,46,48,54,56,62-66,68-79,81-84,86-92H,3-13,15,17-19,22-45,47,49-53,55,57-61H2,1-2H3,(H,80,85)/b16-14+,21-20-,48-46+,56-54+. The maximum Gasteiger partial charge on any atom is 0.220 e. The molecule has 3 aliphatic heterocycles. The first-order chi connectivity index (χ1) is 47.8. The van der Waals surface area contributed by atoms with E-state index in [-0.39, 0.29) is 18.9 Å². The Morgan fingerprint density at radius 1 is 0.357 bits per heavy atom. The van der Waals surface area contributed by atoms with Crippen molar-refractivity contribution in [2.45, 2.75) is 420 Å². The van der Waals surface area contributed by atoms with Gasteiger partial charge in [-0.1, -0.05) is 287 Å². The molecule has 12 N–H and O–H groups in total. The van der Waals surface area contributed by atoms with Crippen LogP contribution in [-0.2, 0) is 33.2 Å². The number of unbranched alkanes of at least 4 members (excludes halogenated alkanes) is 41. The molecular weight excluding hydrogens is 1250 g/mol. The molecule has 0 spiro atoms. The number of hydrogen-bond acceptors (Lipinski definition) is 18. The molecule has 1 amide bonds. The van der Waals surface area contributed by atoms with E-state index < -0.39 is 124 Å². The van der Waals surface area contributed by atoms with E-state index in [4.69, 9.17) is 28.4 Å². The summed E-state index contributed by atoms with van der Waals surface area (Å²) < 4.78 is 34.3. The molecule has 0 aromatic heterocycles. The number of carbonyl (C=O) groups excluding carboxylic acids is 1. The van der Waals surface area contributed by atoms with Crippen LogP contribution in [0.3, 0.4) is 0 Å². The molecule has 0 aromatic rings. The van der Waals surface area contributed by atoms with Crippen LogP contribution >= 0.6 is 0 Å². The summed E-state index contributed by atoms with van der Waals surface area (Å²) in [6, 6.07) is -0.995. The minimum atomic E-state index is -1.98. The number of nitrogens with one attached hydrogen (secondary N) is 1. The Hall–Kier alpha value is -2.25. The molecule has 0 bridgehead atoms. The molecule has 574 valence electrons. The highest BCUT2D eigenvalue weighted by Gasteiger charge is 2.54. The predicted octanol–water partition coefficient (Wildman–Crippen LogP) is 12.9. The summed E-state index contributed by atoms with van der Waals surface area (Å²) in [4.78, 5) is 13.4. The number of rotatable bonds is 63. The topological polar surface area (TPSA) is 307 Å². The van der Waals surface area contributed by atoms with Crippen LogP contribution in [0.15, 0.2) is 48.6 Å². The largest absolute Gasteiger partial charge is 0.394 e. The average Bonchev–Trinajstić information content (AvgIpc) is 0.785. The van der Waals surface area contributed by atoms with Crippen LogP contribution in [0.5, 0.6) is 0 Å². The van der Waals surface area contributed by atoms with Gasteiger partial charge in [-0.3, -0.25) is 4.79 Å². The van der Waals surface area contributed by atoms with Crippen LogP contribution in [0.25, 0.3) is 0 Å². The van der Waals surface area contributed by atoms with Gasteiger partial charge in [0.1, 0.15) is 73.2 Å². The normalized spacial score (nSPS) is 27.0. The van der Waals surface area contributed by atoms with Crippen LogP contribution < -0.4 is 5.32 Å². The Morgan fingerprint density at radius 3 is 1.03 bits per heavy atom. The highest BCUT2D eigenvalue weighted by atomic mass is 16.8. The quantitative estimate of drug-likeness (QED) is 0.0199. The van der Waals surface area contributed by atoms with Gasteiger partial charge in [0.05, 0.1) is 38.6 Å². The number of aliphatic hydroxyl groups excluding tert-OH is 11. The summed E-state index contributed by atoms with van der Waals surface area (Å²) in [5.74, 6) is -0.286. The third kappa shape index (κ3) is 40.1. The lowest BCUT2D eigenvalue weighted by Crippen LogP contribution is -2.66. The summed E-state index contributed by atoms with van der Waals surface area (Å²) in [7, 11) is 0. The highest BCUT2D eigenvalue weighted by Crippen LogP contribution is 2.33. The molecule has 3 aliphatic rings. The van der Waals surface area contributed by atoms with E-state index >= 15 is 0 Å². The number of aliphatic hydroxyl groups is 11. The number of ether oxygens (including phenoxy) is 6. The second-order valence-corrected chi connectivity index (χ2v) is 28.5. The maximum atomic E-state index is 13.4. The maximum absolute atomic E-state index is 13.4. The van der Waals surface area contributed by atoms with E-state index in [0.717, 1.165) is 44.9 Å². The Kier molecular flexibility index (Phi) is 55.1. The van der Waals surface area contributed by atoms with Gasteiger partial charge in [0.15, 0.2) is 18.9 Å². The fraction of sp³-hybridized carbons (Fsp3) is 0.886. The molecule has 3 fully saturated rings. The van der Waals surface area contributed by atoms with Gasteiger partial charge in [-0.2, -0.15) is 0 Å². The van der Waals surface area contributed by atoms with Crippen LogP contribution in [0.1, 0.15) is 316 Å². The molecular formula is C79H145NO18. The van der Waals surface area contributed by atoms with Gasteiger partial charge in [0.25, 0.3) is 0 Å². The SMILES string of the molecule is CCCCCC/C=C/CC/C=C/CC/C=C/C(O)C(COC1OC(CO)C(OC2OC(CO)C(OC3OC(CO)C(O)C(O)C3O)C(O)C2O)C(O)C1O)NC(=O)CCCCCCCCCCCCCCCCCCCCCCCCCCCCC/C=C\CCCCCCCCCC. The third-order valence-electron chi connectivity index (χ3n) is 19.8. The Labute approximate surface area is 593 Å². The van der Waals surface area contributed by atoms with E-state index in [9.17, 15) is 61.0 Å². The zero-order chi connectivity index (χ0) is 71.1. The second-order valence-electron chi connectivity index (χ2n) is 28.5. The van der Waals surface area contributed by atoms with Crippen molar-refractivity contribution in [1.29, 1.82) is 0 Å². The van der Waals surface area contributed by atoms with E-state index in [1.807, 2.05) is 6.08 Å². The van der Waals surface area contributed by atoms with Crippen molar-refractivity contribution in [2.75, 3.05) is 26.4 Å². The molecule has 3 heterocycles. The summed E-state index contributed by atoms with van der Waals surface area (Å²) in [5, 5.41) is 121. The molecule has 0 aliphatic carbocycles. The smallest absolute Gasteiger partial charge is 0.220 e. The molecule has 19 nitrogen and oxygen atoms in total. The van der Waals surface area contributed by atoms with Crippen LogP contribution in [0.4, 0.5) is 0 Å². The summed E-state index contributed by atoms with van der Waals surface area (Å²) >= 11 is 0. The molecule has 0 radical (unpaired) electrons. The van der Waals surface area contributed by atoms with Crippen molar-refractivity contribution in [3.05, 3.63) is 48.6 Å². The van der Waals surface area contributed by atoms with E-state index in [0.29, 0.717) is 12.8 Å². The minimum Gasteiger partial charge on any atom is -0.394 e. The second kappa shape index (κ2) is 60.1. The Bertz CT molecular complexity index is 1960. The Morgan fingerprint density at radius 2 is 0.653 bits per heavy atom. The van der Waals surface area contributed by atoms with Crippen molar-refractivity contribution >= 4 is 5.91 Å². The lowest BCUT2D eigenvalue weighted by molar-refractivity contribution is -0.379. The molecule has 0 aromatic carbocycles. The molecule has 3 saturated heterocycles. The van der Waals surface area contributed by atoms with E-state index in [1.165, 1.54) is 238 Å². The monoisotopic (exact) mass is 1400 g/mol. The fourth-order valence-corrected chi connectivity index (χ4v) is 13.4. The lowest BCUT2D eigenvalue weighted by atomic mass is 9.96. The minimum absolute atomic E-state index is 0.235. The molecule has 3 rings (SSSR count). The molecule has 19 heteroatoms. The van der Waals surface area contributed by atoms with Gasteiger partial charge in [-0.25, -0.2) is 0 Å². The highest BCUT2D eigenvalue weighted by molar-refractivity contribution is 5.76. The zero-order valence-electron chi connectivity index (χ0n) is 61.3. The van der Waals surface area contributed by atoms with Crippen molar-refractivity contribution in [3.8, 4) is 0 Å². The summed E-state index contributed by atoms with van der Waals surface area (Å²) in [6.07, 6.45) is 48.6. The first kappa shape index (κ1) is 90.0. The predicted molar refractivity (Wildman–Crippen MR) is 388 cm³/mol. The van der Waals surface area contributed by atoms with Gasteiger partial charge in [0, 0.05) is 6.42 Å². The van der Waals surface area contributed by atoms with Gasteiger partial charge in [-0.05, 0) is 70.6 Å². The van der Waals surface area contributed by atoms with Crippen molar-refractivity contribution in [3.63, 3.8) is 0 Å². The third-order valence-corrected chi connectivity index (χ3v) is 19.8. The first-order valence-corrected chi connectivity index (χ1v) is 39.9. The van der Waals surface area contributed by atoms with Crippen molar-refractivity contribution in [2.24, 2.45) is 0 Å². The van der Waals surface area contributed by atoms with Crippen LogP contribution in [0.2, 0.25) is 0 Å². The first-order valence-electron chi connectivity index (χ1n) is 39.9. The van der Waals surface area contributed by atoms with Gasteiger partial charge >= 0.3 is 0 Å². The van der Waals surface area contributed by atoms with Crippen molar-refractivity contribution < 1.29 is 89.4 Å².